The van der Waals surface area contributed by atoms with Crippen LogP contribution in [0.5, 0.6) is 0 Å². The predicted octanol–water partition coefficient (Wildman–Crippen LogP) is 0.178. The maximum Gasteiger partial charge on any atom is 0.169 e. The standard InChI is InChI=1S/C8H15N3O/c1-10(2)5-8(6-12)9-7-11(3)4/h5-7H,1-4H3. The molecule has 0 rings (SSSR count). The second kappa shape index (κ2) is 5.35. The SMILES string of the molecule is CN(C)C=NC(C=O)=CN(C)C. The summed E-state index contributed by atoms with van der Waals surface area (Å²) in [4.78, 5) is 17.9. The highest BCUT2D eigenvalue weighted by Gasteiger charge is 1.90. The van der Waals surface area contributed by atoms with Gasteiger partial charge < -0.3 is 9.80 Å². The molecule has 0 saturated carbocycles. The Morgan fingerprint density at radius 3 is 2.08 bits per heavy atom. The van der Waals surface area contributed by atoms with E-state index in [0.717, 1.165) is 6.29 Å². The van der Waals surface area contributed by atoms with E-state index < -0.39 is 0 Å². The molecule has 0 aromatic carbocycles. The topological polar surface area (TPSA) is 35.9 Å². The maximum atomic E-state index is 10.4. The molecule has 68 valence electrons. The van der Waals surface area contributed by atoms with Crippen molar-refractivity contribution in [2.75, 3.05) is 28.2 Å². The van der Waals surface area contributed by atoms with Crippen LogP contribution in [-0.2, 0) is 4.79 Å². The summed E-state index contributed by atoms with van der Waals surface area (Å²) >= 11 is 0. The number of hydrogen-bond donors (Lipinski definition) is 0. The van der Waals surface area contributed by atoms with Crippen LogP contribution in [0.15, 0.2) is 16.9 Å². The van der Waals surface area contributed by atoms with E-state index in [1.54, 1.807) is 22.3 Å². The van der Waals surface area contributed by atoms with E-state index in [9.17, 15) is 4.79 Å². The summed E-state index contributed by atoms with van der Waals surface area (Å²) in [5, 5.41) is 0. The first-order valence-electron chi connectivity index (χ1n) is 3.60. The Labute approximate surface area is 73.2 Å². The highest BCUT2D eigenvalue weighted by molar-refractivity contribution is 5.75. The van der Waals surface area contributed by atoms with Crippen LogP contribution in [0.1, 0.15) is 0 Å². The Morgan fingerprint density at radius 2 is 1.75 bits per heavy atom. The number of carbonyl (C=O) groups excluding carboxylic acids is 1. The Bertz CT molecular complexity index is 194. The zero-order valence-corrected chi connectivity index (χ0v) is 7.98. The first-order valence-corrected chi connectivity index (χ1v) is 3.60. The minimum absolute atomic E-state index is 0.411. The van der Waals surface area contributed by atoms with E-state index in [1.807, 2.05) is 28.2 Å². The Balaban J connectivity index is 4.27. The van der Waals surface area contributed by atoms with E-state index in [-0.39, 0.29) is 0 Å². The Kier molecular flexibility index (Phi) is 4.76. The summed E-state index contributed by atoms with van der Waals surface area (Å²) in [5.41, 5.74) is 0.411. The van der Waals surface area contributed by atoms with E-state index >= 15 is 0 Å². The zero-order valence-electron chi connectivity index (χ0n) is 7.98. The monoisotopic (exact) mass is 169 g/mol. The first kappa shape index (κ1) is 10.7. The number of nitrogens with zero attached hydrogens (tertiary/aromatic N) is 3. The van der Waals surface area contributed by atoms with Gasteiger partial charge in [0.1, 0.15) is 5.70 Å². The second-order valence-corrected chi connectivity index (χ2v) is 2.84. The van der Waals surface area contributed by atoms with Crippen molar-refractivity contribution in [1.29, 1.82) is 0 Å². The van der Waals surface area contributed by atoms with Gasteiger partial charge in [0.2, 0.25) is 0 Å². The summed E-state index contributed by atoms with van der Waals surface area (Å²) < 4.78 is 0. The van der Waals surface area contributed by atoms with Crippen molar-refractivity contribution in [3.8, 4) is 0 Å². The molecule has 0 aromatic heterocycles. The van der Waals surface area contributed by atoms with Gasteiger partial charge in [-0.1, -0.05) is 0 Å². The molecule has 0 heterocycles. The quantitative estimate of drug-likeness (QED) is 0.261. The minimum Gasteiger partial charge on any atom is -0.382 e. The highest BCUT2D eigenvalue weighted by Crippen LogP contribution is 1.92. The van der Waals surface area contributed by atoms with Gasteiger partial charge in [-0.05, 0) is 0 Å². The third-order valence-electron chi connectivity index (χ3n) is 0.949. The van der Waals surface area contributed by atoms with Crippen LogP contribution in [0.3, 0.4) is 0 Å². The lowest BCUT2D eigenvalue weighted by Crippen LogP contribution is -2.09. The fourth-order valence-corrected chi connectivity index (χ4v) is 0.541. The molecule has 4 nitrogen and oxygen atoms in total. The normalized spacial score (nSPS) is 11.8. The van der Waals surface area contributed by atoms with Gasteiger partial charge in [-0.25, -0.2) is 4.99 Å². The van der Waals surface area contributed by atoms with E-state index in [0.29, 0.717) is 5.70 Å². The van der Waals surface area contributed by atoms with Crippen LogP contribution in [0, 0.1) is 0 Å². The number of hydrogen-bond acceptors (Lipinski definition) is 3. The summed E-state index contributed by atoms with van der Waals surface area (Å²) in [6.07, 6.45) is 3.97. The van der Waals surface area contributed by atoms with Crippen molar-refractivity contribution in [1.82, 2.24) is 9.80 Å². The number of aliphatic imine (C=N–C) groups is 1. The van der Waals surface area contributed by atoms with Crippen molar-refractivity contribution in [3.05, 3.63) is 11.9 Å². The molecule has 4 heteroatoms. The highest BCUT2D eigenvalue weighted by atomic mass is 16.1. The van der Waals surface area contributed by atoms with Gasteiger partial charge in [0.25, 0.3) is 0 Å². The lowest BCUT2D eigenvalue weighted by molar-refractivity contribution is -0.105. The van der Waals surface area contributed by atoms with E-state index in [4.69, 9.17) is 0 Å². The van der Waals surface area contributed by atoms with Crippen LogP contribution in [0.2, 0.25) is 0 Å². The van der Waals surface area contributed by atoms with Crippen molar-refractivity contribution >= 4 is 12.6 Å². The molecule has 0 amide bonds. The molecule has 0 radical (unpaired) electrons. The smallest absolute Gasteiger partial charge is 0.169 e. The largest absolute Gasteiger partial charge is 0.382 e. The average molecular weight is 169 g/mol. The van der Waals surface area contributed by atoms with Crippen LogP contribution >= 0.6 is 0 Å². The number of aldehydes is 1. The van der Waals surface area contributed by atoms with Crippen LogP contribution in [-0.4, -0.2) is 50.6 Å². The molecule has 0 fully saturated rings. The lowest BCUT2D eigenvalue weighted by Gasteiger charge is -2.05. The third-order valence-corrected chi connectivity index (χ3v) is 0.949. The molecule has 0 saturated heterocycles. The summed E-state index contributed by atoms with van der Waals surface area (Å²) in [5.74, 6) is 0. The molecule has 0 aromatic rings. The molecule has 0 aliphatic heterocycles. The molecular weight excluding hydrogens is 154 g/mol. The van der Waals surface area contributed by atoms with Crippen molar-refractivity contribution in [2.45, 2.75) is 0 Å². The maximum absolute atomic E-state index is 10.4. The fourth-order valence-electron chi connectivity index (χ4n) is 0.541. The summed E-state index contributed by atoms with van der Waals surface area (Å²) in [6, 6.07) is 0. The predicted molar refractivity (Wildman–Crippen MR) is 50.0 cm³/mol. The molecule has 0 atom stereocenters. The van der Waals surface area contributed by atoms with Gasteiger partial charge >= 0.3 is 0 Å². The Hall–Kier alpha value is -1.32. The fraction of sp³-hybridized carbons (Fsp3) is 0.500. The molecule has 0 unspecified atom stereocenters. The van der Waals surface area contributed by atoms with Gasteiger partial charge in [-0.2, -0.15) is 0 Å². The summed E-state index contributed by atoms with van der Waals surface area (Å²) in [6.45, 7) is 0. The molecule has 12 heavy (non-hydrogen) atoms. The molecule has 0 N–H and O–H groups in total. The van der Waals surface area contributed by atoms with E-state index in [2.05, 4.69) is 4.99 Å². The molecule has 0 aliphatic rings. The van der Waals surface area contributed by atoms with Crippen molar-refractivity contribution in [2.24, 2.45) is 4.99 Å². The van der Waals surface area contributed by atoms with Crippen LogP contribution in [0.4, 0.5) is 0 Å². The first-order chi connectivity index (χ1) is 5.56. The van der Waals surface area contributed by atoms with Gasteiger partial charge in [-0.15, -0.1) is 0 Å². The van der Waals surface area contributed by atoms with Gasteiger partial charge in [-0.3, -0.25) is 4.79 Å². The van der Waals surface area contributed by atoms with Gasteiger partial charge in [0, 0.05) is 34.4 Å². The van der Waals surface area contributed by atoms with Gasteiger partial charge in [0.05, 0.1) is 6.34 Å². The summed E-state index contributed by atoms with van der Waals surface area (Å²) in [7, 11) is 7.38. The molecule has 0 bridgehead atoms. The van der Waals surface area contributed by atoms with Crippen LogP contribution in [0.25, 0.3) is 0 Å². The molecular formula is C8H15N3O. The number of allylic oxidation sites excluding steroid dienone is 1. The average Bonchev–Trinajstić information content (AvgIpc) is 1.97. The number of carbonyl (C=O) groups is 1. The van der Waals surface area contributed by atoms with E-state index in [1.165, 1.54) is 0 Å². The second-order valence-electron chi connectivity index (χ2n) is 2.84. The minimum atomic E-state index is 0.411. The van der Waals surface area contributed by atoms with Gasteiger partial charge in [0.15, 0.2) is 6.29 Å². The lowest BCUT2D eigenvalue weighted by atomic mass is 10.5. The van der Waals surface area contributed by atoms with Crippen molar-refractivity contribution < 1.29 is 4.79 Å². The number of rotatable bonds is 4. The third kappa shape index (κ3) is 5.46. The van der Waals surface area contributed by atoms with Crippen LogP contribution < -0.4 is 0 Å². The molecule has 0 spiro atoms. The zero-order chi connectivity index (χ0) is 9.56. The Morgan fingerprint density at radius 1 is 1.17 bits per heavy atom. The molecule has 0 aliphatic carbocycles. The van der Waals surface area contributed by atoms with Crippen molar-refractivity contribution in [3.63, 3.8) is 0 Å².